The molecule has 1 amide bonds. The minimum Gasteiger partial charge on any atom is -0.334 e. The van der Waals surface area contributed by atoms with Crippen molar-refractivity contribution in [3.8, 4) is 0 Å². The number of alkyl halides is 3. The minimum atomic E-state index is -4.16. The molecule has 0 spiro atoms. The van der Waals surface area contributed by atoms with E-state index in [-0.39, 0.29) is 18.4 Å². The molecule has 1 aliphatic heterocycles. The summed E-state index contributed by atoms with van der Waals surface area (Å²) >= 11 is 0. The fraction of sp³-hybridized carbons (Fsp3) is 0.400. The van der Waals surface area contributed by atoms with E-state index in [0.29, 0.717) is 37.6 Å². The summed E-state index contributed by atoms with van der Waals surface area (Å²) in [6.45, 7) is 10.5. The van der Waals surface area contributed by atoms with Crippen molar-refractivity contribution < 1.29 is 18.0 Å². The largest absolute Gasteiger partial charge is 0.390 e. The summed E-state index contributed by atoms with van der Waals surface area (Å²) in [5.74, 6) is 0.726. The molecule has 0 bridgehead atoms. The Morgan fingerprint density at radius 2 is 2.00 bits per heavy atom. The fourth-order valence-corrected chi connectivity index (χ4v) is 3.90. The number of fused-ring (bicyclic) bond motifs is 1. The Kier molecular flexibility index (Phi) is 8.09. The quantitative estimate of drug-likeness (QED) is 0.444. The number of hydrogen-bond donors (Lipinski definition) is 1. The van der Waals surface area contributed by atoms with Crippen LogP contribution < -0.4 is 5.32 Å². The van der Waals surface area contributed by atoms with Gasteiger partial charge in [-0.25, -0.2) is 9.98 Å². The molecule has 1 aromatic heterocycles. The standard InChI is InChI=1S/C25H30F3N5O/c1-5-29-23(32(4)17(2)3)19-6-7-20-16-30-22(15-21(20)14-19)31-24(34)18-8-11-33(12-9-18)13-10-25(26,27)28/h5-7,14-16,18H,1-2,8-13H2,3-4H3,(H,30,31,34). The molecule has 0 atom stereocenters. The average molecular weight is 474 g/mol. The van der Waals surface area contributed by atoms with E-state index in [9.17, 15) is 18.0 Å². The van der Waals surface area contributed by atoms with Crippen LogP contribution in [0.15, 0.2) is 60.5 Å². The Bertz CT molecular complexity index is 1090. The number of rotatable bonds is 7. The number of anilines is 1. The lowest BCUT2D eigenvalue weighted by atomic mass is 9.95. The van der Waals surface area contributed by atoms with Crippen LogP contribution in [0.1, 0.15) is 31.7 Å². The van der Waals surface area contributed by atoms with Gasteiger partial charge in [-0.1, -0.05) is 25.3 Å². The number of hydrogen-bond acceptors (Lipinski definition) is 4. The molecule has 1 N–H and O–H groups in total. The Hall–Kier alpha value is -3.20. The molecule has 0 aliphatic carbocycles. The van der Waals surface area contributed by atoms with E-state index in [1.165, 1.54) is 6.20 Å². The van der Waals surface area contributed by atoms with Crippen molar-refractivity contribution in [1.82, 2.24) is 14.8 Å². The van der Waals surface area contributed by atoms with Crippen LogP contribution in [0, 0.1) is 5.92 Å². The molecule has 1 aromatic carbocycles. The molecule has 34 heavy (non-hydrogen) atoms. The van der Waals surface area contributed by atoms with E-state index in [2.05, 4.69) is 28.5 Å². The van der Waals surface area contributed by atoms with Gasteiger partial charge in [-0.15, -0.1) is 0 Å². The second kappa shape index (κ2) is 10.8. The summed E-state index contributed by atoms with van der Waals surface area (Å²) in [6.07, 6.45) is -0.763. The number of aromatic nitrogens is 1. The van der Waals surface area contributed by atoms with Gasteiger partial charge in [-0.3, -0.25) is 4.79 Å². The van der Waals surface area contributed by atoms with E-state index in [4.69, 9.17) is 0 Å². The summed E-state index contributed by atoms with van der Waals surface area (Å²) in [7, 11) is 1.88. The third kappa shape index (κ3) is 6.66. The van der Waals surface area contributed by atoms with Gasteiger partial charge in [0.1, 0.15) is 11.7 Å². The van der Waals surface area contributed by atoms with Gasteiger partial charge in [-0.05, 0) is 50.4 Å². The summed E-state index contributed by atoms with van der Waals surface area (Å²) in [4.78, 5) is 25.1. The van der Waals surface area contributed by atoms with Gasteiger partial charge in [0.25, 0.3) is 0 Å². The molecule has 2 heterocycles. The zero-order valence-corrected chi connectivity index (χ0v) is 19.5. The van der Waals surface area contributed by atoms with Crippen molar-refractivity contribution in [3.05, 3.63) is 61.1 Å². The van der Waals surface area contributed by atoms with Crippen LogP contribution in [-0.2, 0) is 4.79 Å². The molecule has 3 rings (SSSR count). The molecule has 2 aromatic rings. The minimum absolute atomic E-state index is 0.0237. The number of nitrogens with zero attached hydrogens (tertiary/aromatic N) is 4. The smallest absolute Gasteiger partial charge is 0.334 e. The summed E-state index contributed by atoms with van der Waals surface area (Å²) in [5.41, 5.74) is 1.69. The number of amides is 1. The van der Waals surface area contributed by atoms with Crippen molar-refractivity contribution >= 4 is 28.3 Å². The second-order valence-corrected chi connectivity index (χ2v) is 8.53. The monoisotopic (exact) mass is 473 g/mol. The highest BCUT2D eigenvalue weighted by Gasteiger charge is 2.30. The van der Waals surface area contributed by atoms with Gasteiger partial charge < -0.3 is 15.1 Å². The number of halogens is 3. The van der Waals surface area contributed by atoms with E-state index in [1.54, 1.807) is 11.1 Å². The van der Waals surface area contributed by atoms with Crippen LogP contribution in [0.25, 0.3) is 10.8 Å². The second-order valence-electron chi connectivity index (χ2n) is 8.53. The Morgan fingerprint density at radius 1 is 1.29 bits per heavy atom. The Labute approximate surface area is 197 Å². The Morgan fingerprint density at radius 3 is 2.62 bits per heavy atom. The predicted molar refractivity (Wildman–Crippen MR) is 130 cm³/mol. The highest BCUT2D eigenvalue weighted by atomic mass is 19.4. The van der Waals surface area contributed by atoms with Crippen molar-refractivity contribution in [2.24, 2.45) is 10.9 Å². The number of benzene rings is 1. The van der Waals surface area contributed by atoms with Crippen LogP contribution in [0.2, 0.25) is 0 Å². The molecule has 1 fully saturated rings. The van der Waals surface area contributed by atoms with Gasteiger partial charge >= 0.3 is 6.18 Å². The first kappa shape index (κ1) is 25.4. The normalized spacial score (nSPS) is 15.9. The molecular weight excluding hydrogens is 443 g/mol. The van der Waals surface area contributed by atoms with Crippen molar-refractivity contribution in [2.75, 3.05) is 32.0 Å². The topological polar surface area (TPSA) is 60.8 Å². The average Bonchev–Trinajstić information content (AvgIpc) is 2.80. The van der Waals surface area contributed by atoms with Crippen LogP contribution in [0.5, 0.6) is 0 Å². The first-order chi connectivity index (χ1) is 16.1. The van der Waals surface area contributed by atoms with E-state index >= 15 is 0 Å². The lowest BCUT2D eigenvalue weighted by Crippen LogP contribution is -2.39. The molecule has 1 aliphatic rings. The number of allylic oxidation sites excluding steroid dienone is 1. The maximum absolute atomic E-state index is 12.8. The zero-order valence-electron chi connectivity index (χ0n) is 19.5. The third-order valence-corrected chi connectivity index (χ3v) is 6.00. The number of aliphatic imine (C=N–C) groups is 1. The van der Waals surface area contributed by atoms with Crippen LogP contribution >= 0.6 is 0 Å². The number of piperidine rings is 1. The maximum atomic E-state index is 12.8. The Balaban J connectivity index is 1.68. The lowest BCUT2D eigenvalue weighted by Gasteiger charge is -2.31. The highest BCUT2D eigenvalue weighted by molar-refractivity contribution is 6.03. The SMILES string of the molecule is C=CN=C(c1ccc2cnc(NC(=O)C3CCN(CCC(F)(F)F)CC3)cc2c1)N(C)C(=C)C. The molecule has 0 radical (unpaired) electrons. The van der Waals surface area contributed by atoms with E-state index in [1.807, 2.05) is 43.1 Å². The molecule has 9 heteroatoms. The first-order valence-electron chi connectivity index (χ1n) is 11.2. The van der Waals surface area contributed by atoms with Crippen molar-refractivity contribution in [1.29, 1.82) is 0 Å². The van der Waals surface area contributed by atoms with Crippen LogP contribution in [0.4, 0.5) is 19.0 Å². The maximum Gasteiger partial charge on any atom is 0.390 e. The first-order valence-corrected chi connectivity index (χ1v) is 11.2. The van der Waals surface area contributed by atoms with E-state index < -0.39 is 12.6 Å². The summed E-state index contributed by atoms with van der Waals surface area (Å²) in [5, 5.41) is 4.67. The van der Waals surface area contributed by atoms with Crippen LogP contribution in [-0.4, -0.2) is 59.4 Å². The zero-order chi connectivity index (χ0) is 24.9. The number of amidine groups is 1. The number of carbonyl (C=O) groups is 1. The van der Waals surface area contributed by atoms with Crippen molar-refractivity contribution in [2.45, 2.75) is 32.4 Å². The number of carbonyl (C=O) groups excluding carboxylic acids is 1. The summed E-state index contributed by atoms with van der Waals surface area (Å²) < 4.78 is 37.3. The number of likely N-dealkylation sites (tertiary alicyclic amines) is 1. The van der Waals surface area contributed by atoms with Crippen LogP contribution in [0.3, 0.4) is 0 Å². The summed E-state index contributed by atoms with van der Waals surface area (Å²) in [6, 6.07) is 7.65. The predicted octanol–water partition coefficient (Wildman–Crippen LogP) is 5.19. The highest BCUT2D eigenvalue weighted by Crippen LogP contribution is 2.25. The molecule has 6 nitrogen and oxygen atoms in total. The van der Waals surface area contributed by atoms with Gasteiger partial charge in [0, 0.05) is 48.6 Å². The molecular formula is C25H30F3N5O. The lowest BCUT2D eigenvalue weighted by molar-refractivity contribution is -0.139. The molecule has 0 saturated carbocycles. The molecule has 182 valence electrons. The third-order valence-electron chi connectivity index (χ3n) is 6.00. The molecule has 1 saturated heterocycles. The fourth-order valence-electron chi connectivity index (χ4n) is 3.90. The molecule has 0 unspecified atom stereocenters. The van der Waals surface area contributed by atoms with Crippen molar-refractivity contribution in [3.63, 3.8) is 0 Å². The van der Waals surface area contributed by atoms with Gasteiger partial charge in [0.15, 0.2) is 0 Å². The number of nitrogens with one attached hydrogen (secondary N) is 1. The van der Waals surface area contributed by atoms with E-state index in [0.717, 1.165) is 22.0 Å². The number of pyridine rings is 1. The van der Waals surface area contributed by atoms with Gasteiger partial charge in [-0.2, -0.15) is 13.2 Å². The van der Waals surface area contributed by atoms with Gasteiger partial charge in [0.2, 0.25) is 5.91 Å². The van der Waals surface area contributed by atoms with Gasteiger partial charge in [0.05, 0.1) is 6.42 Å².